The summed E-state index contributed by atoms with van der Waals surface area (Å²) in [6.07, 6.45) is 1.50. The molecule has 0 saturated heterocycles. The molecule has 5 heteroatoms. The number of H-pyrrole nitrogens is 1. The summed E-state index contributed by atoms with van der Waals surface area (Å²) in [5.74, 6) is 0.514. The van der Waals surface area contributed by atoms with Gasteiger partial charge in [-0.2, -0.15) is 0 Å². The van der Waals surface area contributed by atoms with Crippen LogP contribution in [0.3, 0.4) is 0 Å². The van der Waals surface area contributed by atoms with E-state index in [0.717, 1.165) is 0 Å². The average molecular weight is 206 g/mol. The second-order valence-corrected chi connectivity index (χ2v) is 3.05. The number of hydrogen-bond acceptors (Lipinski definition) is 3. The molecule has 2 heterocycles. The molecule has 0 atom stereocenters. The van der Waals surface area contributed by atoms with E-state index in [2.05, 4.69) is 4.98 Å². The molecule has 0 saturated carbocycles. The van der Waals surface area contributed by atoms with Gasteiger partial charge >= 0.3 is 5.69 Å². The largest absolute Gasteiger partial charge is 0.463 e. The van der Waals surface area contributed by atoms with Crippen molar-refractivity contribution in [3.05, 3.63) is 45.3 Å². The first kappa shape index (κ1) is 9.51. The molecule has 0 fully saturated rings. The molecular formula is C10H10N2O3. The molecule has 15 heavy (non-hydrogen) atoms. The molecule has 78 valence electrons. The van der Waals surface area contributed by atoms with Crippen molar-refractivity contribution in [1.29, 1.82) is 0 Å². The summed E-state index contributed by atoms with van der Waals surface area (Å²) in [5.41, 5.74) is -0.344. The smallest absolute Gasteiger partial charge is 0.328 e. The van der Waals surface area contributed by atoms with Crippen LogP contribution in [0.5, 0.6) is 0 Å². The van der Waals surface area contributed by atoms with Crippen molar-refractivity contribution in [3.63, 3.8) is 0 Å². The molecule has 5 nitrogen and oxygen atoms in total. The van der Waals surface area contributed by atoms with E-state index in [1.165, 1.54) is 16.9 Å². The van der Waals surface area contributed by atoms with Crippen LogP contribution in [0.25, 0.3) is 11.5 Å². The first-order chi connectivity index (χ1) is 7.22. The molecule has 0 amide bonds. The quantitative estimate of drug-likeness (QED) is 0.790. The van der Waals surface area contributed by atoms with Crippen molar-refractivity contribution in [2.75, 3.05) is 0 Å². The maximum atomic E-state index is 11.5. The number of rotatable bonds is 2. The molecule has 0 aliphatic rings. The van der Waals surface area contributed by atoms with Gasteiger partial charge in [0.1, 0.15) is 0 Å². The Morgan fingerprint density at radius 1 is 1.47 bits per heavy atom. The monoisotopic (exact) mass is 206 g/mol. The summed E-state index contributed by atoms with van der Waals surface area (Å²) in [5, 5.41) is 0. The molecule has 1 N–H and O–H groups in total. The van der Waals surface area contributed by atoms with Crippen molar-refractivity contribution >= 4 is 0 Å². The maximum absolute atomic E-state index is 11.5. The lowest BCUT2D eigenvalue weighted by Crippen LogP contribution is -2.30. The number of aromatic amines is 1. The van der Waals surface area contributed by atoms with Gasteiger partial charge in [-0.15, -0.1) is 0 Å². The van der Waals surface area contributed by atoms with Gasteiger partial charge in [0.05, 0.1) is 12.0 Å². The summed E-state index contributed by atoms with van der Waals surface area (Å²) in [6.45, 7) is 2.30. The topological polar surface area (TPSA) is 68.0 Å². The van der Waals surface area contributed by atoms with Crippen LogP contribution in [0, 0.1) is 0 Å². The highest BCUT2D eigenvalue weighted by atomic mass is 16.3. The Morgan fingerprint density at radius 3 is 2.87 bits per heavy atom. The molecule has 2 aromatic rings. The first-order valence-electron chi connectivity index (χ1n) is 4.60. The standard InChI is InChI=1S/C10H10N2O3/c1-2-12-7(8-4-3-5-15-8)6-9(13)11-10(12)14/h3-6H,2H2,1H3,(H,11,13,14). The fraction of sp³-hybridized carbons (Fsp3) is 0.200. The molecule has 0 unspecified atom stereocenters. The van der Waals surface area contributed by atoms with Crippen molar-refractivity contribution < 1.29 is 4.42 Å². The normalized spacial score (nSPS) is 10.5. The minimum absolute atomic E-state index is 0.420. The van der Waals surface area contributed by atoms with E-state index in [-0.39, 0.29) is 0 Å². The Balaban J connectivity index is 2.75. The van der Waals surface area contributed by atoms with Crippen LogP contribution in [0.15, 0.2) is 38.5 Å². The van der Waals surface area contributed by atoms with E-state index in [1.54, 1.807) is 12.1 Å². The van der Waals surface area contributed by atoms with Crippen LogP contribution >= 0.6 is 0 Å². The zero-order valence-electron chi connectivity index (χ0n) is 8.19. The predicted molar refractivity (Wildman–Crippen MR) is 54.7 cm³/mol. The molecule has 0 aromatic carbocycles. The lowest BCUT2D eigenvalue weighted by Gasteiger charge is -2.06. The van der Waals surface area contributed by atoms with E-state index in [0.29, 0.717) is 18.0 Å². The van der Waals surface area contributed by atoms with Crippen LogP contribution < -0.4 is 11.2 Å². The van der Waals surface area contributed by atoms with Gasteiger partial charge in [0, 0.05) is 12.6 Å². The van der Waals surface area contributed by atoms with E-state index < -0.39 is 11.2 Å². The Kier molecular flexibility index (Phi) is 2.29. The van der Waals surface area contributed by atoms with Gasteiger partial charge in [0.15, 0.2) is 5.76 Å². The van der Waals surface area contributed by atoms with Gasteiger partial charge in [-0.05, 0) is 19.1 Å². The van der Waals surface area contributed by atoms with E-state index in [1.807, 2.05) is 6.92 Å². The predicted octanol–water partition coefficient (Wildman–Crippen LogP) is 0.817. The Morgan fingerprint density at radius 2 is 2.27 bits per heavy atom. The number of nitrogens with one attached hydrogen (secondary N) is 1. The average Bonchev–Trinajstić information content (AvgIpc) is 2.69. The van der Waals surface area contributed by atoms with Gasteiger partial charge in [-0.1, -0.05) is 0 Å². The van der Waals surface area contributed by atoms with Crippen LogP contribution in [0.4, 0.5) is 0 Å². The SMILES string of the molecule is CCn1c(-c2ccco2)cc(=O)[nH]c1=O. The molecule has 0 aliphatic heterocycles. The van der Waals surface area contributed by atoms with Gasteiger partial charge in [0.25, 0.3) is 5.56 Å². The number of furan rings is 1. The van der Waals surface area contributed by atoms with Crippen molar-refractivity contribution in [2.45, 2.75) is 13.5 Å². The highest BCUT2D eigenvalue weighted by Gasteiger charge is 2.08. The zero-order chi connectivity index (χ0) is 10.8. The minimum Gasteiger partial charge on any atom is -0.463 e. The number of nitrogens with zero attached hydrogens (tertiary/aromatic N) is 1. The molecular weight excluding hydrogens is 196 g/mol. The highest BCUT2D eigenvalue weighted by molar-refractivity contribution is 5.51. The highest BCUT2D eigenvalue weighted by Crippen LogP contribution is 2.16. The van der Waals surface area contributed by atoms with Crippen LogP contribution in [-0.2, 0) is 6.54 Å². The lowest BCUT2D eigenvalue weighted by atomic mass is 10.3. The molecule has 0 aliphatic carbocycles. The second-order valence-electron chi connectivity index (χ2n) is 3.05. The molecule has 0 bridgehead atoms. The van der Waals surface area contributed by atoms with Gasteiger partial charge in [0.2, 0.25) is 0 Å². The van der Waals surface area contributed by atoms with Gasteiger partial charge < -0.3 is 4.42 Å². The maximum Gasteiger partial charge on any atom is 0.328 e. The summed E-state index contributed by atoms with van der Waals surface area (Å²) < 4.78 is 6.60. The fourth-order valence-corrected chi connectivity index (χ4v) is 1.46. The Bertz CT molecular complexity index is 563. The minimum atomic E-state index is -0.420. The number of hydrogen-bond donors (Lipinski definition) is 1. The third kappa shape index (κ3) is 1.63. The summed E-state index contributed by atoms with van der Waals surface area (Å²) in [4.78, 5) is 24.8. The van der Waals surface area contributed by atoms with Crippen LogP contribution in [0.2, 0.25) is 0 Å². The van der Waals surface area contributed by atoms with Crippen molar-refractivity contribution in [1.82, 2.24) is 9.55 Å². The summed E-state index contributed by atoms with van der Waals surface area (Å²) >= 11 is 0. The third-order valence-corrected chi connectivity index (χ3v) is 2.12. The summed E-state index contributed by atoms with van der Waals surface area (Å²) in [7, 11) is 0. The number of aromatic nitrogens is 2. The molecule has 0 spiro atoms. The van der Waals surface area contributed by atoms with E-state index in [4.69, 9.17) is 4.42 Å². The second kappa shape index (κ2) is 3.61. The van der Waals surface area contributed by atoms with Crippen LogP contribution in [-0.4, -0.2) is 9.55 Å². The summed E-state index contributed by atoms with van der Waals surface area (Å²) in [6, 6.07) is 4.77. The lowest BCUT2D eigenvalue weighted by molar-refractivity contribution is 0.567. The van der Waals surface area contributed by atoms with Crippen molar-refractivity contribution in [2.24, 2.45) is 0 Å². The first-order valence-corrected chi connectivity index (χ1v) is 4.60. The van der Waals surface area contributed by atoms with E-state index in [9.17, 15) is 9.59 Å². The Hall–Kier alpha value is -2.04. The molecule has 0 radical (unpaired) electrons. The van der Waals surface area contributed by atoms with Crippen LogP contribution in [0.1, 0.15) is 6.92 Å². The molecule has 2 rings (SSSR count). The Labute approximate surface area is 85.0 Å². The molecule has 2 aromatic heterocycles. The fourth-order valence-electron chi connectivity index (χ4n) is 1.46. The van der Waals surface area contributed by atoms with Gasteiger partial charge in [-0.3, -0.25) is 14.3 Å². The zero-order valence-corrected chi connectivity index (χ0v) is 8.19. The van der Waals surface area contributed by atoms with Gasteiger partial charge in [-0.25, -0.2) is 4.79 Å². The van der Waals surface area contributed by atoms with Crippen molar-refractivity contribution in [3.8, 4) is 11.5 Å². The third-order valence-electron chi connectivity index (χ3n) is 2.12. The van der Waals surface area contributed by atoms with E-state index >= 15 is 0 Å².